The summed E-state index contributed by atoms with van der Waals surface area (Å²) in [7, 11) is 0. The number of ether oxygens (including phenoxy) is 1. The molecule has 2 atom stereocenters. The fourth-order valence-corrected chi connectivity index (χ4v) is 3.58. The lowest BCUT2D eigenvalue weighted by Crippen LogP contribution is -2.38. The SMILES string of the molecule is CCOC(=O)[C@H](C)CC(Cc1ccc(-c2ccccc2)cc1)NC(=O)c1ccc(C(=O)O)o1. The molecule has 7 nitrogen and oxygen atoms in total. The van der Waals surface area contributed by atoms with Crippen LogP contribution in [0, 0.1) is 5.92 Å². The third kappa shape index (κ3) is 6.55. The van der Waals surface area contributed by atoms with Gasteiger partial charge >= 0.3 is 11.9 Å². The number of nitrogens with one attached hydrogen (secondary N) is 1. The smallest absolute Gasteiger partial charge is 0.371 e. The van der Waals surface area contributed by atoms with Gasteiger partial charge in [-0.1, -0.05) is 61.5 Å². The Morgan fingerprint density at radius 2 is 1.58 bits per heavy atom. The summed E-state index contributed by atoms with van der Waals surface area (Å²) in [4.78, 5) is 35.9. The number of carboxylic acid groups (broad SMARTS) is 1. The van der Waals surface area contributed by atoms with Gasteiger partial charge in [-0.3, -0.25) is 9.59 Å². The van der Waals surface area contributed by atoms with Gasteiger partial charge in [0.05, 0.1) is 12.5 Å². The van der Waals surface area contributed by atoms with Crippen molar-refractivity contribution in [2.45, 2.75) is 32.7 Å². The van der Waals surface area contributed by atoms with Crippen LogP contribution in [0.1, 0.15) is 46.9 Å². The summed E-state index contributed by atoms with van der Waals surface area (Å²) in [5.74, 6) is -2.95. The molecule has 172 valence electrons. The number of hydrogen-bond donors (Lipinski definition) is 2. The highest BCUT2D eigenvalue weighted by atomic mass is 16.5. The van der Waals surface area contributed by atoms with E-state index >= 15 is 0 Å². The number of benzene rings is 2. The lowest BCUT2D eigenvalue weighted by Gasteiger charge is -2.21. The molecule has 2 aromatic carbocycles. The van der Waals surface area contributed by atoms with Gasteiger partial charge in [-0.05, 0) is 48.6 Å². The molecule has 7 heteroatoms. The first kappa shape index (κ1) is 23.8. The summed E-state index contributed by atoms with van der Waals surface area (Å²) in [6, 6.07) is 20.2. The van der Waals surface area contributed by atoms with E-state index in [1.165, 1.54) is 12.1 Å². The highest BCUT2D eigenvalue weighted by Crippen LogP contribution is 2.21. The van der Waals surface area contributed by atoms with Crippen molar-refractivity contribution < 1.29 is 28.6 Å². The average molecular weight is 450 g/mol. The molecular weight excluding hydrogens is 422 g/mol. The lowest BCUT2D eigenvalue weighted by molar-refractivity contribution is -0.147. The van der Waals surface area contributed by atoms with Crippen LogP contribution in [0.15, 0.2) is 71.1 Å². The summed E-state index contributed by atoms with van der Waals surface area (Å²) in [5.41, 5.74) is 3.18. The first-order chi connectivity index (χ1) is 15.9. The second-order valence-electron chi connectivity index (χ2n) is 7.80. The topological polar surface area (TPSA) is 106 Å². The zero-order valence-electron chi connectivity index (χ0n) is 18.6. The molecule has 1 unspecified atom stereocenters. The van der Waals surface area contributed by atoms with Crippen LogP contribution in [0.5, 0.6) is 0 Å². The van der Waals surface area contributed by atoms with Crippen LogP contribution in [-0.2, 0) is 16.0 Å². The molecule has 1 amide bonds. The number of amides is 1. The Kier molecular flexibility index (Phi) is 8.02. The Hall–Kier alpha value is -3.87. The Balaban J connectivity index is 1.75. The summed E-state index contributed by atoms with van der Waals surface area (Å²) in [6.07, 6.45) is 0.842. The summed E-state index contributed by atoms with van der Waals surface area (Å²) < 4.78 is 10.2. The van der Waals surface area contributed by atoms with Crippen molar-refractivity contribution >= 4 is 17.8 Å². The number of furan rings is 1. The van der Waals surface area contributed by atoms with Gasteiger partial charge in [0.15, 0.2) is 5.76 Å². The molecule has 0 fully saturated rings. The Morgan fingerprint density at radius 3 is 2.18 bits per heavy atom. The molecule has 2 N–H and O–H groups in total. The van der Waals surface area contributed by atoms with Crippen molar-refractivity contribution in [2.24, 2.45) is 5.92 Å². The van der Waals surface area contributed by atoms with Crippen LogP contribution in [0.2, 0.25) is 0 Å². The van der Waals surface area contributed by atoms with Gasteiger partial charge in [0, 0.05) is 6.04 Å². The fourth-order valence-electron chi connectivity index (χ4n) is 3.58. The van der Waals surface area contributed by atoms with Crippen molar-refractivity contribution in [2.75, 3.05) is 6.61 Å². The number of esters is 1. The molecule has 3 rings (SSSR count). The molecular formula is C26H27NO6. The van der Waals surface area contributed by atoms with Crippen molar-refractivity contribution in [1.29, 1.82) is 0 Å². The van der Waals surface area contributed by atoms with Crippen LogP contribution in [0.3, 0.4) is 0 Å². The van der Waals surface area contributed by atoms with E-state index in [1.54, 1.807) is 13.8 Å². The zero-order chi connectivity index (χ0) is 23.8. The third-order valence-corrected chi connectivity index (χ3v) is 5.25. The van der Waals surface area contributed by atoms with Crippen molar-refractivity contribution in [3.8, 4) is 11.1 Å². The van der Waals surface area contributed by atoms with Gasteiger partial charge in [0.1, 0.15) is 0 Å². The molecule has 0 bridgehead atoms. The van der Waals surface area contributed by atoms with Gasteiger partial charge < -0.3 is 19.6 Å². The molecule has 0 saturated carbocycles. The largest absolute Gasteiger partial charge is 0.475 e. The summed E-state index contributed by atoms with van der Waals surface area (Å²) in [6.45, 7) is 3.78. The van der Waals surface area contributed by atoms with Crippen LogP contribution in [0.25, 0.3) is 11.1 Å². The normalized spacial score (nSPS) is 12.5. The lowest BCUT2D eigenvalue weighted by atomic mass is 9.95. The third-order valence-electron chi connectivity index (χ3n) is 5.25. The van der Waals surface area contributed by atoms with Crippen LogP contribution >= 0.6 is 0 Å². The van der Waals surface area contributed by atoms with E-state index in [-0.39, 0.29) is 24.1 Å². The van der Waals surface area contributed by atoms with Gasteiger partial charge in [0.25, 0.3) is 5.91 Å². The van der Waals surface area contributed by atoms with Gasteiger partial charge in [-0.15, -0.1) is 0 Å². The van der Waals surface area contributed by atoms with E-state index in [4.69, 9.17) is 14.3 Å². The van der Waals surface area contributed by atoms with E-state index in [0.29, 0.717) is 12.8 Å². The molecule has 0 aliphatic heterocycles. The van der Waals surface area contributed by atoms with E-state index in [9.17, 15) is 14.4 Å². The minimum atomic E-state index is -1.25. The summed E-state index contributed by atoms with van der Waals surface area (Å²) in [5, 5.41) is 11.9. The zero-order valence-corrected chi connectivity index (χ0v) is 18.6. The number of aromatic carboxylic acids is 1. The number of carbonyl (C=O) groups is 3. The average Bonchev–Trinajstić information content (AvgIpc) is 3.31. The monoisotopic (exact) mass is 449 g/mol. The molecule has 3 aromatic rings. The van der Waals surface area contributed by atoms with Crippen molar-refractivity contribution in [3.05, 3.63) is 83.8 Å². The van der Waals surface area contributed by atoms with Crippen LogP contribution in [0.4, 0.5) is 0 Å². The Morgan fingerprint density at radius 1 is 0.939 bits per heavy atom. The number of hydrogen-bond acceptors (Lipinski definition) is 5. The molecule has 33 heavy (non-hydrogen) atoms. The number of carbonyl (C=O) groups excluding carboxylic acids is 2. The maximum atomic E-state index is 12.7. The van der Waals surface area contributed by atoms with E-state index in [0.717, 1.165) is 16.7 Å². The highest BCUT2D eigenvalue weighted by Gasteiger charge is 2.24. The molecule has 0 radical (unpaired) electrons. The van der Waals surface area contributed by atoms with E-state index < -0.39 is 23.8 Å². The van der Waals surface area contributed by atoms with E-state index in [1.807, 2.05) is 54.6 Å². The molecule has 1 heterocycles. The Bertz CT molecular complexity index is 1090. The second kappa shape index (κ2) is 11.1. The summed E-state index contributed by atoms with van der Waals surface area (Å²) >= 11 is 0. The molecule has 0 aliphatic rings. The standard InChI is InChI=1S/C26H27NO6/c1-3-32-26(31)17(2)15-21(27-24(28)22-13-14-23(33-22)25(29)30)16-18-9-11-20(12-10-18)19-7-5-4-6-8-19/h4-14,17,21H,3,15-16H2,1-2H3,(H,27,28)(H,29,30)/t17-,21?/m1/s1. The molecule has 0 aliphatic carbocycles. The quantitative estimate of drug-likeness (QED) is 0.439. The first-order valence-corrected chi connectivity index (χ1v) is 10.8. The molecule has 1 aromatic heterocycles. The molecule has 0 spiro atoms. The molecule has 0 saturated heterocycles. The fraction of sp³-hybridized carbons (Fsp3) is 0.269. The second-order valence-corrected chi connectivity index (χ2v) is 7.80. The highest BCUT2D eigenvalue weighted by molar-refractivity contribution is 5.93. The van der Waals surface area contributed by atoms with Crippen molar-refractivity contribution in [1.82, 2.24) is 5.32 Å². The van der Waals surface area contributed by atoms with Crippen LogP contribution in [-0.4, -0.2) is 35.6 Å². The minimum absolute atomic E-state index is 0.0967. The van der Waals surface area contributed by atoms with Gasteiger partial charge in [0.2, 0.25) is 5.76 Å². The van der Waals surface area contributed by atoms with E-state index in [2.05, 4.69) is 5.32 Å². The maximum Gasteiger partial charge on any atom is 0.371 e. The van der Waals surface area contributed by atoms with Crippen molar-refractivity contribution in [3.63, 3.8) is 0 Å². The maximum absolute atomic E-state index is 12.7. The predicted molar refractivity (Wildman–Crippen MR) is 123 cm³/mol. The predicted octanol–water partition coefficient (Wildman–Crippen LogP) is 4.58. The number of rotatable bonds is 10. The van der Waals surface area contributed by atoms with Gasteiger partial charge in [-0.25, -0.2) is 4.79 Å². The Labute approximate surface area is 192 Å². The first-order valence-electron chi connectivity index (χ1n) is 10.8. The van der Waals surface area contributed by atoms with Gasteiger partial charge in [-0.2, -0.15) is 0 Å². The minimum Gasteiger partial charge on any atom is -0.475 e. The number of carboxylic acids is 1. The van der Waals surface area contributed by atoms with Crippen LogP contribution < -0.4 is 5.32 Å².